The molecule has 0 aliphatic rings. The van der Waals surface area contributed by atoms with Crippen LogP contribution >= 0.6 is 27.3 Å². The Labute approximate surface area is 136 Å². The van der Waals surface area contributed by atoms with E-state index in [1.807, 2.05) is 6.92 Å². The van der Waals surface area contributed by atoms with Gasteiger partial charge in [0, 0.05) is 17.6 Å². The third kappa shape index (κ3) is 4.55. The second-order valence-electron chi connectivity index (χ2n) is 4.17. The normalized spacial score (nSPS) is 11.7. The first-order valence-corrected chi connectivity index (χ1v) is 9.37. The first-order valence-electron chi connectivity index (χ1n) is 6.28. The zero-order valence-corrected chi connectivity index (χ0v) is 14.6. The van der Waals surface area contributed by atoms with Gasteiger partial charge in [0.05, 0.1) is 16.0 Å². The van der Waals surface area contributed by atoms with Gasteiger partial charge in [-0.15, -0.1) is 11.3 Å². The van der Waals surface area contributed by atoms with Crippen molar-refractivity contribution in [3.63, 3.8) is 0 Å². The van der Waals surface area contributed by atoms with Gasteiger partial charge >= 0.3 is 0 Å². The molecule has 0 unspecified atom stereocenters. The lowest BCUT2D eigenvalue weighted by Crippen LogP contribution is -2.23. The first kappa shape index (κ1) is 16.5. The molecule has 0 spiro atoms. The number of nitrogens with one attached hydrogen (secondary N) is 2. The first-order chi connectivity index (χ1) is 10.0. The molecular formula is C12H15BrN4O2S2. The van der Waals surface area contributed by atoms with E-state index < -0.39 is 10.0 Å². The lowest BCUT2D eigenvalue weighted by atomic mass is 10.4. The molecule has 0 aliphatic carbocycles. The van der Waals surface area contributed by atoms with Crippen LogP contribution in [0.15, 0.2) is 33.1 Å². The molecule has 6 nitrogen and oxygen atoms in total. The summed E-state index contributed by atoms with van der Waals surface area (Å²) in [5, 5.41) is 10.7. The van der Waals surface area contributed by atoms with Gasteiger partial charge in [0.15, 0.2) is 0 Å². The van der Waals surface area contributed by atoms with Crippen LogP contribution in [0.5, 0.6) is 0 Å². The Hall–Kier alpha value is -0.870. The maximum Gasteiger partial charge on any atom is 0.242 e. The van der Waals surface area contributed by atoms with E-state index in [9.17, 15) is 8.42 Å². The van der Waals surface area contributed by atoms with Crippen LogP contribution in [0.3, 0.4) is 0 Å². The van der Waals surface area contributed by atoms with Crippen LogP contribution in [0.25, 0.3) is 0 Å². The lowest BCUT2D eigenvalue weighted by Gasteiger charge is -2.04. The van der Waals surface area contributed by atoms with E-state index in [1.54, 1.807) is 24.4 Å². The predicted octanol–water partition coefficient (Wildman–Crippen LogP) is 1.89. The predicted molar refractivity (Wildman–Crippen MR) is 85.5 cm³/mol. The van der Waals surface area contributed by atoms with Crippen molar-refractivity contribution < 1.29 is 8.42 Å². The van der Waals surface area contributed by atoms with Crippen LogP contribution in [0.1, 0.15) is 17.5 Å². The number of rotatable bonds is 7. The largest absolute Gasteiger partial charge is 0.312 e. The third-order valence-electron chi connectivity index (χ3n) is 2.62. The summed E-state index contributed by atoms with van der Waals surface area (Å²) in [4.78, 5) is 1.22. The minimum absolute atomic E-state index is 0.112. The second kappa shape index (κ2) is 7.41. The van der Waals surface area contributed by atoms with Crippen molar-refractivity contribution in [2.24, 2.45) is 0 Å². The molecule has 114 valence electrons. The smallest absolute Gasteiger partial charge is 0.242 e. The fourth-order valence-electron chi connectivity index (χ4n) is 1.59. The fourth-order valence-corrected chi connectivity index (χ4v) is 5.24. The number of sulfonamides is 1. The molecule has 2 heterocycles. The Morgan fingerprint density at radius 1 is 1.38 bits per heavy atom. The molecule has 0 aromatic carbocycles. The highest BCUT2D eigenvalue weighted by Gasteiger charge is 2.20. The number of hydrogen-bond donors (Lipinski definition) is 2. The van der Waals surface area contributed by atoms with Gasteiger partial charge in [0.25, 0.3) is 0 Å². The number of thiophene rings is 1. The summed E-state index contributed by atoms with van der Waals surface area (Å²) in [6, 6.07) is 5.11. The molecule has 0 saturated heterocycles. The van der Waals surface area contributed by atoms with Gasteiger partial charge in [0.2, 0.25) is 10.0 Å². The molecule has 0 saturated carbocycles. The minimum atomic E-state index is -3.58. The summed E-state index contributed by atoms with van der Waals surface area (Å²) in [7, 11) is -3.58. The van der Waals surface area contributed by atoms with Gasteiger partial charge < -0.3 is 5.32 Å². The molecule has 0 amide bonds. The van der Waals surface area contributed by atoms with E-state index in [-0.39, 0.29) is 11.4 Å². The van der Waals surface area contributed by atoms with Crippen LogP contribution in [0.2, 0.25) is 0 Å². The van der Waals surface area contributed by atoms with Crippen molar-refractivity contribution in [1.29, 1.82) is 0 Å². The standard InChI is InChI=1S/C12H15BrN4O2S2/c1-2-14-8-10-6-11(12(13)20-10)21(18,19)16-7-9-4-3-5-15-17-9/h3-6,14,16H,2,7-8H2,1H3. The molecule has 0 aliphatic heterocycles. The molecule has 0 atom stereocenters. The summed E-state index contributed by atoms with van der Waals surface area (Å²) in [6.45, 7) is 3.60. The van der Waals surface area contributed by atoms with Crippen molar-refractivity contribution >= 4 is 37.3 Å². The monoisotopic (exact) mass is 390 g/mol. The molecule has 2 aromatic rings. The van der Waals surface area contributed by atoms with E-state index in [1.165, 1.54) is 11.3 Å². The molecule has 21 heavy (non-hydrogen) atoms. The maximum absolute atomic E-state index is 12.3. The number of nitrogens with zero attached hydrogens (tertiary/aromatic N) is 2. The summed E-state index contributed by atoms with van der Waals surface area (Å²) >= 11 is 4.72. The van der Waals surface area contributed by atoms with Gasteiger partial charge in [-0.25, -0.2) is 13.1 Å². The van der Waals surface area contributed by atoms with Crippen LogP contribution in [-0.2, 0) is 23.1 Å². The number of aromatic nitrogens is 2. The highest BCUT2D eigenvalue weighted by Crippen LogP contribution is 2.31. The summed E-state index contributed by atoms with van der Waals surface area (Å²) in [5.74, 6) is 0. The van der Waals surface area contributed by atoms with Crippen molar-refractivity contribution in [3.8, 4) is 0 Å². The van der Waals surface area contributed by atoms with Crippen LogP contribution in [0, 0.1) is 0 Å². The van der Waals surface area contributed by atoms with Gasteiger partial charge in [-0.05, 0) is 40.7 Å². The summed E-state index contributed by atoms with van der Waals surface area (Å²) in [6.07, 6.45) is 1.54. The van der Waals surface area contributed by atoms with Crippen molar-refractivity contribution in [1.82, 2.24) is 20.2 Å². The lowest BCUT2D eigenvalue weighted by molar-refractivity contribution is 0.580. The highest BCUT2D eigenvalue weighted by atomic mass is 79.9. The molecule has 2 N–H and O–H groups in total. The van der Waals surface area contributed by atoms with Crippen molar-refractivity contribution in [2.45, 2.75) is 24.9 Å². The van der Waals surface area contributed by atoms with Gasteiger partial charge in [-0.1, -0.05) is 6.92 Å². The average Bonchev–Trinajstić information content (AvgIpc) is 2.86. The van der Waals surface area contributed by atoms with Gasteiger partial charge in [-0.3, -0.25) is 0 Å². The molecule has 2 aromatic heterocycles. The number of hydrogen-bond acceptors (Lipinski definition) is 6. The molecule has 0 radical (unpaired) electrons. The molecule has 9 heteroatoms. The Balaban J connectivity index is 2.10. The van der Waals surface area contributed by atoms with E-state index in [0.717, 1.165) is 11.4 Å². The maximum atomic E-state index is 12.3. The van der Waals surface area contributed by atoms with Gasteiger partial charge in [-0.2, -0.15) is 10.2 Å². The summed E-state index contributed by atoms with van der Waals surface area (Å²) in [5.41, 5.74) is 0.570. The molecule has 2 rings (SSSR count). The average molecular weight is 391 g/mol. The zero-order valence-electron chi connectivity index (χ0n) is 11.3. The quantitative estimate of drug-likeness (QED) is 0.753. The Morgan fingerprint density at radius 3 is 2.86 bits per heavy atom. The van der Waals surface area contributed by atoms with Crippen LogP contribution in [-0.4, -0.2) is 25.2 Å². The Bertz CT molecular complexity index is 689. The van der Waals surface area contributed by atoms with E-state index in [4.69, 9.17) is 0 Å². The van der Waals surface area contributed by atoms with E-state index >= 15 is 0 Å². The highest BCUT2D eigenvalue weighted by molar-refractivity contribution is 9.11. The second-order valence-corrected chi connectivity index (χ2v) is 8.36. The number of halogens is 1. The van der Waals surface area contributed by atoms with E-state index in [0.29, 0.717) is 16.0 Å². The Kier molecular flexibility index (Phi) is 5.82. The van der Waals surface area contributed by atoms with E-state index in [2.05, 4.69) is 36.2 Å². The minimum Gasteiger partial charge on any atom is -0.312 e. The molecule has 0 bridgehead atoms. The fraction of sp³-hybridized carbons (Fsp3) is 0.333. The Morgan fingerprint density at radius 2 is 2.19 bits per heavy atom. The third-order valence-corrected chi connectivity index (χ3v) is 6.27. The molecular weight excluding hydrogens is 376 g/mol. The SMILES string of the molecule is CCNCc1cc(S(=O)(=O)NCc2cccnn2)c(Br)s1. The summed E-state index contributed by atoms with van der Waals surface area (Å²) < 4.78 is 27.7. The zero-order chi connectivity index (χ0) is 15.3. The molecule has 0 fully saturated rings. The van der Waals surface area contributed by atoms with Crippen LogP contribution in [0.4, 0.5) is 0 Å². The van der Waals surface area contributed by atoms with Gasteiger partial charge in [0.1, 0.15) is 4.90 Å². The van der Waals surface area contributed by atoms with Crippen LogP contribution < -0.4 is 10.0 Å². The van der Waals surface area contributed by atoms with Crippen molar-refractivity contribution in [2.75, 3.05) is 6.54 Å². The van der Waals surface area contributed by atoms with Crippen molar-refractivity contribution in [3.05, 3.63) is 38.8 Å². The topological polar surface area (TPSA) is 84.0 Å².